The zero-order valence-electron chi connectivity index (χ0n) is 14.6. The summed E-state index contributed by atoms with van der Waals surface area (Å²) in [5.74, 6) is -1.97. The third-order valence-corrected chi connectivity index (χ3v) is 4.77. The second-order valence-electron chi connectivity index (χ2n) is 5.99. The highest BCUT2D eigenvalue weighted by Gasteiger charge is 2.36. The number of carboxylic acid groups (broad SMARTS) is 1. The summed E-state index contributed by atoms with van der Waals surface area (Å²) in [5.41, 5.74) is 1.84. The lowest BCUT2D eigenvalue weighted by Gasteiger charge is -2.12. The number of thioether (sulfide) groups is 1. The van der Waals surface area contributed by atoms with E-state index in [4.69, 9.17) is 5.11 Å². The fraction of sp³-hybridized carbons (Fsp3) is 0.100. The fourth-order valence-electron chi connectivity index (χ4n) is 2.56. The van der Waals surface area contributed by atoms with Crippen molar-refractivity contribution < 1.29 is 24.3 Å². The van der Waals surface area contributed by atoms with Crippen LogP contribution in [0, 0.1) is 0 Å². The number of nitrogens with zero attached hydrogens (tertiary/aromatic N) is 1. The van der Waals surface area contributed by atoms with Gasteiger partial charge in [-0.1, -0.05) is 42.5 Å². The smallest absolute Gasteiger partial charge is 0.307 e. The summed E-state index contributed by atoms with van der Waals surface area (Å²) in [4.78, 5) is 48.6. The van der Waals surface area contributed by atoms with Crippen LogP contribution in [0.25, 0.3) is 6.08 Å². The first-order chi connectivity index (χ1) is 13.4. The standard InChI is InChI=1S/C20H16N2O5S/c23-17(21-15-8-6-14(7-9-15)11-18(24)25)12-22-19(26)16(28-20(22)27)10-13-4-2-1-3-5-13/h1-10H,11-12H2,(H,21,23)(H,24,25)/b16-10+. The molecule has 1 aliphatic rings. The van der Waals surface area contributed by atoms with Crippen LogP contribution in [0.15, 0.2) is 59.5 Å². The monoisotopic (exact) mass is 396 g/mol. The lowest BCUT2D eigenvalue weighted by molar-refractivity contribution is -0.136. The van der Waals surface area contributed by atoms with Gasteiger partial charge in [0.1, 0.15) is 6.54 Å². The second kappa shape index (κ2) is 8.53. The van der Waals surface area contributed by atoms with Gasteiger partial charge >= 0.3 is 5.97 Å². The first-order valence-electron chi connectivity index (χ1n) is 8.33. The average Bonchev–Trinajstić information content (AvgIpc) is 2.91. The van der Waals surface area contributed by atoms with E-state index in [0.717, 1.165) is 22.2 Å². The molecule has 3 amide bonds. The number of benzene rings is 2. The van der Waals surface area contributed by atoms with Gasteiger partial charge in [0.25, 0.3) is 11.1 Å². The van der Waals surface area contributed by atoms with E-state index in [2.05, 4.69) is 5.32 Å². The van der Waals surface area contributed by atoms with Crippen LogP contribution in [0.1, 0.15) is 11.1 Å². The predicted molar refractivity (Wildman–Crippen MR) is 106 cm³/mol. The van der Waals surface area contributed by atoms with Crippen molar-refractivity contribution in [3.63, 3.8) is 0 Å². The molecule has 1 heterocycles. The number of anilines is 1. The largest absolute Gasteiger partial charge is 0.481 e. The molecular formula is C20H16N2O5S. The third kappa shape index (κ3) is 4.86. The van der Waals surface area contributed by atoms with Gasteiger partial charge in [0.2, 0.25) is 5.91 Å². The number of hydrogen-bond donors (Lipinski definition) is 2. The van der Waals surface area contributed by atoms with E-state index in [9.17, 15) is 19.2 Å². The van der Waals surface area contributed by atoms with Gasteiger partial charge < -0.3 is 10.4 Å². The van der Waals surface area contributed by atoms with Gasteiger partial charge in [0.05, 0.1) is 11.3 Å². The van der Waals surface area contributed by atoms with Crippen molar-refractivity contribution in [2.24, 2.45) is 0 Å². The highest BCUT2D eigenvalue weighted by atomic mass is 32.2. The van der Waals surface area contributed by atoms with Crippen molar-refractivity contribution in [3.8, 4) is 0 Å². The molecule has 2 N–H and O–H groups in total. The minimum atomic E-state index is -0.945. The summed E-state index contributed by atoms with van der Waals surface area (Å²) >= 11 is 0.795. The highest BCUT2D eigenvalue weighted by molar-refractivity contribution is 8.18. The van der Waals surface area contributed by atoms with Gasteiger partial charge in [0, 0.05) is 5.69 Å². The van der Waals surface area contributed by atoms with Gasteiger partial charge in [0.15, 0.2) is 0 Å². The predicted octanol–water partition coefficient (Wildman–Crippen LogP) is 2.99. The van der Waals surface area contributed by atoms with E-state index in [-0.39, 0.29) is 11.3 Å². The van der Waals surface area contributed by atoms with E-state index in [0.29, 0.717) is 11.3 Å². The lowest BCUT2D eigenvalue weighted by Crippen LogP contribution is -2.36. The summed E-state index contributed by atoms with van der Waals surface area (Å²) in [6, 6.07) is 15.4. The van der Waals surface area contributed by atoms with E-state index < -0.39 is 29.6 Å². The normalized spacial score (nSPS) is 15.1. The minimum absolute atomic E-state index is 0.112. The molecule has 1 aliphatic heterocycles. The number of carbonyl (C=O) groups excluding carboxylic acids is 3. The van der Waals surface area contributed by atoms with Crippen LogP contribution in [0.4, 0.5) is 10.5 Å². The number of carbonyl (C=O) groups is 4. The first kappa shape index (κ1) is 19.4. The van der Waals surface area contributed by atoms with Crippen molar-refractivity contribution in [2.45, 2.75) is 6.42 Å². The molecule has 2 aromatic carbocycles. The van der Waals surface area contributed by atoms with Crippen LogP contribution in [-0.4, -0.2) is 39.6 Å². The lowest BCUT2D eigenvalue weighted by atomic mass is 10.1. The van der Waals surface area contributed by atoms with Gasteiger partial charge in [-0.25, -0.2) is 0 Å². The molecule has 8 heteroatoms. The number of aliphatic carboxylic acids is 1. The number of imide groups is 1. The van der Waals surface area contributed by atoms with Crippen molar-refractivity contribution in [2.75, 3.05) is 11.9 Å². The summed E-state index contributed by atoms with van der Waals surface area (Å²) < 4.78 is 0. The Hall–Kier alpha value is -3.39. The SMILES string of the molecule is O=C(O)Cc1ccc(NC(=O)CN2C(=O)S/C(=C/c3ccccc3)C2=O)cc1. The molecule has 0 radical (unpaired) electrons. The van der Waals surface area contributed by atoms with Gasteiger partial charge in [-0.15, -0.1) is 0 Å². The Morgan fingerprint density at radius 1 is 1.04 bits per heavy atom. The molecule has 0 aliphatic carbocycles. The van der Waals surface area contributed by atoms with Crippen LogP contribution in [0.2, 0.25) is 0 Å². The average molecular weight is 396 g/mol. The molecule has 1 saturated heterocycles. The van der Waals surface area contributed by atoms with E-state index >= 15 is 0 Å². The van der Waals surface area contributed by atoms with Crippen LogP contribution < -0.4 is 5.32 Å². The molecule has 0 unspecified atom stereocenters. The Balaban J connectivity index is 1.62. The summed E-state index contributed by atoms with van der Waals surface area (Å²) in [5, 5.41) is 10.9. The van der Waals surface area contributed by atoms with Crippen LogP contribution in [0.5, 0.6) is 0 Å². The number of carboxylic acids is 1. The topological polar surface area (TPSA) is 104 Å². The van der Waals surface area contributed by atoms with Crippen molar-refractivity contribution in [1.82, 2.24) is 4.90 Å². The number of nitrogens with one attached hydrogen (secondary N) is 1. The minimum Gasteiger partial charge on any atom is -0.481 e. The molecule has 2 aromatic rings. The molecule has 3 rings (SSSR count). The van der Waals surface area contributed by atoms with E-state index in [1.54, 1.807) is 30.3 Å². The Bertz CT molecular complexity index is 954. The molecule has 0 bridgehead atoms. The molecule has 142 valence electrons. The van der Waals surface area contributed by atoms with E-state index in [1.165, 1.54) is 0 Å². The second-order valence-corrected chi connectivity index (χ2v) is 6.99. The molecular weight excluding hydrogens is 380 g/mol. The molecule has 7 nitrogen and oxygen atoms in total. The quantitative estimate of drug-likeness (QED) is 0.728. The number of amides is 3. The van der Waals surface area contributed by atoms with Gasteiger partial charge in [-0.2, -0.15) is 0 Å². The highest BCUT2D eigenvalue weighted by Crippen LogP contribution is 2.32. The Morgan fingerprint density at radius 2 is 1.71 bits per heavy atom. The van der Waals surface area contributed by atoms with Crippen LogP contribution in [0.3, 0.4) is 0 Å². The Morgan fingerprint density at radius 3 is 2.36 bits per heavy atom. The maximum Gasteiger partial charge on any atom is 0.307 e. The number of rotatable bonds is 6. The summed E-state index contributed by atoms with van der Waals surface area (Å²) in [6.45, 7) is -0.395. The van der Waals surface area contributed by atoms with Gasteiger partial charge in [-0.3, -0.25) is 24.1 Å². The first-order valence-corrected chi connectivity index (χ1v) is 9.15. The maximum atomic E-state index is 12.4. The summed E-state index contributed by atoms with van der Waals surface area (Å²) in [7, 11) is 0. The van der Waals surface area contributed by atoms with Crippen molar-refractivity contribution in [1.29, 1.82) is 0 Å². The fourth-order valence-corrected chi connectivity index (χ4v) is 3.40. The molecule has 0 spiro atoms. The molecule has 28 heavy (non-hydrogen) atoms. The summed E-state index contributed by atoms with van der Waals surface area (Å²) in [6.07, 6.45) is 1.50. The third-order valence-electron chi connectivity index (χ3n) is 3.87. The molecule has 1 fully saturated rings. The van der Waals surface area contributed by atoms with Gasteiger partial charge in [-0.05, 0) is 41.1 Å². The number of hydrogen-bond acceptors (Lipinski definition) is 5. The van der Waals surface area contributed by atoms with Crippen LogP contribution >= 0.6 is 11.8 Å². The zero-order chi connectivity index (χ0) is 20.1. The Kier molecular flexibility index (Phi) is 5.90. The Labute approximate surface area is 165 Å². The van der Waals surface area contributed by atoms with Crippen molar-refractivity contribution in [3.05, 3.63) is 70.6 Å². The zero-order valence-corrected chi connectivity index (χ0v) is 15.4. The molecule has 0 aromatic heterocycles. The van der Waals surface area contributed by atoms with E-state index in [1.807, 2.05) is 30.3 Å². The maximum absolute atomic E-state index is 12.4. The van der Waals surface area contributed by atoms with Crippen molar-refractivity contribution >= 4 is 46.5 Å². The molecule has 0 saturated carbocycles. The molecule has 0 atom stereocenters. The van der Waals surface area contributed by atoms with Crippen LogP contribution in [-0.2, 0) is 20.8 Å².